The summed E-state index contributed by atoms with van der Waals surface area (Å²) in [7, 11) is 0. The van der Waals surface area contributed by atoms with Crippen molar-refractivity contribution >= 4 is 28.3 Å². The van der Waals surface area contributed by atoms with Gasteiger partial charge in [-0.2, -0.15) is 0 Å². The fraction of sp³-hybridized carbons (Fsp3) is 0.0833. The van der Waals surface area contributed by atoms with Gasteiger partial charge in [-0.1, -0.05) is 0 Å². The fourth-order valence-corrected chi connectivity index (χ4v) is 2.07. The van der Waals surface area contributed by atoms with Gasteiger partial charge in [0.25, 0.3) is 0 Å². The molecule has 3 rings (SSSR count). The van der Waals surface area contributed by atoms with Crippen molar-refractivity contribution in [1.82, 2.24) is 14.4 Å². The number of imidazole rings is 1. The number of anilines is 1. The molecule has 3 aromatic rings. The Hall–Kier alpha value is -2.63. The summed E-state index contributed by atoms with van der Waals surface area (Å²) in [4.78, 5) is 19.4. The number of nitrogens with zero attached hydrogens (tertiary/aromatic N) is 3. The van der Waals surface area contributed by atoms with Gasteiger partial charge in [-0.3, -0.25) is 4.40 Å². The third-order valence-corrected chi connectivity index (χ3v) is 2.92. The lowest BCUT2D eigenvalue weighted by molar-refractivity contribution is 0.0697. The molecule has 90 valence electrons. The number of carboxylic acids is 1. The first-order chi connectivity index (χ1) is 8.58. The molecule has 0 bridgehead atoms. The maximum Gasteiger partial charge on any atom is 0.335 e. The smallest absolute Gasteiger partial charge is 0.335 e. The minimum atomic E-state index is -0.968. The zero-order chi connectivity index (χ0) is 12.9. The van der Waals surface area contributed by atoms with Crippen molar-refractivity contribution < 1.29 is 9.90 Å². The first-order valence-corrected chi connectivity index (χ1v) is 5.33. The lowest BCUT2D eigenvalue weighted by Gasteiger charge is -2.08. The molecule has 6 nitrogen and oxygen atoms in total. The van der Waals surface area contributed by atoms with Crippen molar-refractivity contribution in [1.29, 1.82) is 0 Å². The van der Waals surface area contributed by atoms with Crippen molar-refractivity contribution in [2.24, 2.45) is 0 Å². The average Bonchev–Trinajstić information content (AvgIpc) is 2.80. The van der Waals surface area contributed by atoms with Crippen LogP contribution in [0.3, 0.4) is 0 Å². The molecular weight excluding hydrogens is 232 g/mol. The molecule has 0 aliphatic carbocycles. The molecule has 2 heterocycles. The molecule has 0 radical (unpaired) electrons. The van der Waals surface area contributed by atoms with Gasteiger partial charge < -0.3 is 10.8 Å². The van der Waals surface area contributed by atoms with E-state index < -0.39 is 5.97 Å². The second kappa shape index (κ2) is 3.43. The maximum atomic E-state index is 11.1. The van der Waals surface area contributed by atoms with Crippen LogP contribution in [0.25, 0.3) is 16.6 Å². The second-order valence-electron chi connectivity index (χ2n) is 4.11. The van der Waals surface area contributed by atoms with E-state index in [4.69, 9.17) is 10.8 Å². The molecular formula is C12H10N4O2. The highest BCUT2D eigenvalue weighted by atomic mass is 16.4. The Labute approximate surface area is 102 Å². The van der Waals surface area contributed by atoms with Gasteiger partial charge in [0.15, 0.2) is 0 Å². The third-order valence-electron chi connectivity index (χ3n) is 2.92. The first kappa shape index (κ1) is 10.5. The SMILES string of the molecule is Cc1cc(C(=O)O)cc2c1nc(N)c1cncn12. The van der Waals surface area contributed by atoms with Gasteiger partial charge in [-0.25, -0.2) is 14.8 Å². The largest absolute Gasteiger partial charge is 0.478 e. The summed E-state index contributed by atoms with van der Waals surface area (Å²) >= 11 is 0. The number of hydrogen-bond donors (Lipinski definition) is 2. The molecule has 0 fully saturated rings. The third kappa shape index (κ3) is 1.32. The standard InChI is InChI=1S/C12H10N4O2/c1-6-2-7(12(17)18)3-8-10(6)15-11(13)9-4-14-5-16(8)9/h2-5H,1H3,(H2,13,15)(H,17,18). The van der Waals surface area contributed by atoms with E-state index in [2.05, 4.69) is 9.97 Å². The number of nitrogens with two attached hydrogens (primary N) is 1. The van der Waals surface area contributed by atoms with Crippen LogP contribution in [0.1, 0.15) is 15.9 Å². The summed E-state index contributed by atoms with van der Waals surface area (Å²) < 4.78 is 1.75. The van der Waals surface area contributed by atoms with Crippen LogP contribution in [-0.2, 0) is 0 Å². The topological polar surface area (TPSA) is 93.5 Å². The van der Waals surface area contributed by atoms with E-state index in [1.54, 1.807) is 29.1 Å². The van der Waals surface area contributed by atoms with Gasteiger partial charge in [0, 0.05) is 0 Å². The van der Waals surface area contributed by atoms with Crippen LogP contribution < -0.4 is 5.73 Å². The van der Waals surface area contributed by atoms with E-state index in [0.717, 1.165) is 5.56 Å². The highest BCUT2D eigenvalue weighted by Gasteiger charge is 2.12. The van der Waals surface area contributed by atoms with Gasteiger partial charge in [-0.15, -0.1) is 0 Å². The lowest BCUT2D eigenvalue weighted by Crippen LogP contribution is -2.02. The van der Waals surface area contributed by atoms with Crippen LogP contribution in [0.4, 0.5) is 5.82 Å². The Morgan fingerprint density at radius 3 is 2.89 bits per heavy atom. The normalized spacial score (nSPS) is 11.2. The Morgan fingerprint density at radius 1 is 1.39 bits per heavy atom. The predicted octanol–water partition coefficient (Wildman–Crippen LogP) is 1.47. The van der Waals surface area contributed by atoms with Gasteiger partial charge >= 0.3 is 5.97 Å². The molecule has 0 saturated carbocycles. The lowest BCUT2D eigenvalue weighted by atomic mass is 10.1. The van der Waals surface area contributed by atoms with E-state index in [9.17, 15) is 4.79 Å². The number of fused-ring (bicyclic) bond motifs is 3. The van der Waals surface area contributed by atoms with E-state index in [0.29, 0.717) is 22.4 Å². The molecule has 0 unspecified atom stereocenters. The summed E-state index contributed by atoms with van der Waals surface area (Å²) in [6.45, 7) is 1.81. The van der Waals surface area contributed by atoms with Crippen LogP contribution in [0.15, 0.2) is 24.7 Å². The van der Waals surface area contributed by atoms with Crippen LogP contribution in [0.5, 0.6) is 0 Å². The zero-order valence-electron chi connectivity index (χ0n) is 9.58. The van der Waals surface area contributed by atoms with Crippen LogP contribution >= 0.6 is 0 Å². The van der Waals surface area contributed by atoms with E-state index in [1.807, 2.05) is 6.92 Å². The number of rotatable bonds is 1. The highest BCUT2D eigenvalue weighted by molar-refractivity contribution is 5.95. The zero-order valence-corrected chi connectivity index (χ0v) is 9.58. The molecule has 0 spiro atoms. The van der Waals surface area contributed by atoms with Crippen LogP contribution in [0.2, 0.25) is 0 Å². The summed E-state index contributed by atoms with van der Waals surface area (Å²) in [6.07, 6.45) is 3.20. The highest BCUT2D eigenvalue weighted by Crippen LogP contribution is 2.23. The van der Waals surface area contributed by atoms with Crippen molar-refractivity contribution in [2.45, 2.75) is 6.92 Å². The Bertz CT molecular complexity index is 791. The quantitative estimate of drug-likeness (QED) is 0.674. The summed E-state index contributed by atoms with van der Waals surface area (Å²) in [6, 6.07) is 3.16. The van der Waals surface area contributed by atoms with E-state index >= 15 is 0 Å². The molecule has 0 saturated heterocycles. The maximum absolute atomic E-state index is 11.1. The first-order valence-electron chi connectivity index (χ1n) is 5.33. The molecule has 0 atom stereocenters. The van der Waals surface area contributed by atoms with E-state index in [-0.39, 0.29) is 5.56 Å². The summed E-state index contributed by atoms with van der Waals surface area (Å²) in [5, 5.41) is 9.08. The number of benzene rings is 1. The Kier molecular flexibility index (Phi) is 2.00. The van der Waals surface area contributed by atoms with Crippen LogP contribution in [-0.4, -0.2) is 25.4 Å². The number of aromatic carboxylic acids is 1. The molecule has 0 amide bonds. The van der Waals surface area contributed by atoms with Gasteiger partial charge in [0.1, 0.15) is 11.3 Å². The number of aryl methyl sites for hydroxylation is 1. The summed E-state index contributed by atoms with van der Waals surface area (Å²) in [5.74, 6) is -0.587. The number of carbonyl (C=O) groups is 1. The molecule has 2 aromatic heterocycles. The van der Waals surface area contributed by atoms with E-state index in [1.165, 1.54) is 0 Å². The molecule has 18 heavy (non-hydrogen) atoms. The Morgan fingerprint density at radius 2 is 2.17 bits per heavy atom. The predicted molar refractivity (Wildman–Crippen MR) is 66.6 cm³/mol. The van der Waals surface area contributed by atoms with Crippen molar-refractivity contribution in [2.75, 3.05) is 5.73 Å². The minimum Gasteiger partial charge on any atom is -0.478 e. The van der Waals surface area contributed by atoms with Gasteiger partial charge in [-0.05, 0) is 24.6 Å². The number of hydrogen-bond acceptors (Lipinski definition) is 4. The molecule has 1 aromatic carbocycles. The van der Waals surface area contributed by atoms with Crippen molar-refractivity contribution in [3.8, 4) is 0 Å². The average molecular weight is 242 g/mol. The summed E-state index contributed by atoms with van der Waals surface area (Å²) in [5.41, 5.74) is 8.88. The van der Waals surface area contributed by atoms with Gasteiger partial charge in [0.2, 0.25) is 0 Å². The Balaban J connectivity index is 2.54. The monoisotopic (exact) mass is 242 g/mol. The van der Waals surface area contributed by atoms with Gasteiger partial charge in [0.05, 0.1) is 29.1 Å². The van der Waals surface area contributed by atoms with Crippen LogP contribution in [0, 0.1) is 6.92 Å². The minimum absolute atomic E-state index is 0.224. The number of carboxylic acid groups (broad SMARTS) is 1. The van der Waals surface area contributed by atoms with Crippen molar-refractivity contribution in [3.63, 3.8) is 0 Å². The second-order valence-corrected chi connectivity index (χ2v) is 4.11. The number of nitrogen functional groups attached to an aromatic ring is 1. The van der Waals surface area contributed by atoms with Crippen molar-refractivity contribution in [3.05, 3.63) is 35.8 Å². The molecule has 6 heteroatoms. The molecule has 0 aliphatic rings. The fourth-order valence-electron chi connectivity index (χ4n) is 2.07. The molecule has 0 aliphatic heterocycles. The number of aromatic nitrogens is 3. The molecule has 3 N–H and O–H groups in total.